The molecule has 2 N–H and O–H groups in total. The second-order valence-electron chi connectivity index (χ2n) is 8.25. The minimum atomic E-state index is -0.174. The lowest BCUT2D eigenvalue weighted by atomic mass is 9.82. The van der Waals surface area contributed by atoms with Crippen LogP contribution < -0.4 is 10.6 Å². The number of nitrogens with one attached hydrogen (secondary N) is 2. The van der Waals surface area contributed by atoms with Gasteiger partial charge in [-0.2, -0.15) is 0 Å². The SMILES string of the molecule is Cc1cccc(C(NC(=O)c2cn(C3CCNCC3)nn2)C(C)(C)C)c1.Cl. The highest BCUT2D eigenvalue weighted by Crippen LogP contribution is 2.33. The molecule has 148 valence electrons. The molecule has 1 aliphatic rings. The maximum atomic E-state index is 12.8. The van der Waals surface area contributed by atoms with E-state index in [1.54, 1.807) is 6.20 Å². The number of carbonyl (C=O) groups is 1. The summed E-state index contributed by atoms with van der Waals surface area (Å²) in [4.78, 5) is 12.8. The molecule has 1 aromatic carbocycles. The number of carbonyl (C=O) groups excluding carboxylic acids is 1. The van der Waals surface area contributed by atoms with Crippen molar-refractivity contribution in [1.29, 1.82) is 0 Å². The average Bonchev–Trinajstić information content (AvgIpc) is 3.09. The van der Waals surface area contributed by atoms with Gasteiger partial charge in [0.25, 0.3) is 5.91 Å². The van der Waals surface area contributed by atoms with Crippen molar-refractivity contribution in [3.8, 4) is 0 Å². The minimum absolute atomic E-state index is 0. The van der Waals surface area contributed by atoms with E-state index in [0.29, 0.717) is 11.7 Å². The third kappa shape index (κ3) is 5.30. The molecule has 1 atom stereocenters. The molecule has 1 saturated heterocycles. The van der Waals surface area contributed by atoms with Crippen molar-refractivity contribution in [2.75, 3.05) is 13.1 Å². The van der Waals surface area contributed by atoms with Gasteiger partial charge in [-0.15, -0.1) is 17.5 Å². The molecular formula is C20H30ClN5O. The molecule has 0 saturated carbocycles. The number of hydrogen-bond donors (Lipinski definition) is 2. The number of benzene rings is 1. The van der Waals surface area contributed by atoms with E-state index in [-0.39, 0.29) is 29.8 Å². The Hall–Kier alpha value is -1.92. The van der Waals surface area contributed by atoms with Gasteiger partial charge in [-0.3, -0.25) is 4.79 Å². The number of aromatic nitrogens is 3. The van der Waals surface area contributed by atoms with E-state index in [1.807, 2.05) is 10.7 Å². The zero-order chi connectivity index (χ0) is 18.7. The van der Waals surface area contributed by atoms with E-state index >= 15 is 0 Å². The van der Waals surface area contributed by atoms with Crippen molar-refractivity contribution >= 4 is 18.3 Å². The second-order valence-corrected chi connectivity index (χ2v) is 8.25. The molecule has 2 aromatic rings. The van der Waals surface area contributed by atoms with Crippen LogP contribution in [0.5, 0.6) is 0 Å². The van der Waals surface area contributed by atoms with Crippen LogP contribution in [0.3, 0.4) is 0 Å². The fourth-order valence-corrected chi connectivity index (χ4v) is 3.49. The largest absolute Gasteiger partial charge is 0.343 e. The first-order valence-corrected chi connectivity index (χ1v) is 9.34. The van der Waals surface area contributed by atoms with E-state index in [1.165, 1.54) is 5.56 Å². The first-order valence-electron chi connectivity index (χ1n) is 9.34. The molecule has 1 aliphatic heterocycles. The number of amides is 1. The van der Waals surface area contributed by atoms with Crippen molar-refractivity contribution in [2.24, 2.45) is 5.41 Å². The van der Waals surface area contributed by atoms with Crippen molar-refractivity contribution in [3.63, 3.8) is 0 Å². The van der Waals surface area contributed by atoms with E-state index < -0.39 is 0 Å². The molecule has 7 heteroatoms. The fourth-order valence-electron chi connectivity index (χ4n) is 3.49. The average molecular weight is 392 g/mol. The van der Waals surface area contributed by atoms with E-state index in [4.69, 9.17) is 0 Å². The lowest BCUT2D eigenvalue weighted by Gasteiger charge is -2.32. The Morgan fingerprint density at radius 1 is 1.30 bits per heavy atom. The molecule has 0 radical (unpaired) electrons. The molecule has 0 bridgehead atoms. The number of hydrogen-bond acceptors (Lipinski definition) is 4. The van der Waals surface area contributed by atoms with Gasteiger partial charge in [0.2, 0.25) is 0 Å². The zero-order valence-electron chi connectivity index (χ0n) is 16.5. The molecule has 1 aromatic heterocycles. The maximum absolute atomic E-state index is 12.8. The molecule has 1 unspecified atom stereocenters. The lowest BCUT2D eigenvalue weighted by Crippen LogP contribution is -2.36. The van der Waals surface area contributed by atoms with E-state index in [2.05, 4.69) is 66.8 Å². The van der Waals surface area contributed by atoms with Crippen LogP contribution in [0.25, 0.3) is 0 Å². The maximum Gasteiger partial charge on any atom is 0.273 e. The predicted molar refractivity (Wildman–Crippen MR) is 109 cm³/mol. The number of rotatable bonds is 4. The lowest BCUT2D eigenvalue weighted by molar-refractivity contribution is 0.0896. The first-order chi connectivity index (χ1) is 12.3. The van der Waals surface area contributed by atoms with Crippen LogP contribution in [0.4, 0.5) is 0 Å². The first kappa shape index (κ1) is 21.4. The van der Waals surface area contributed by atoms with Crippen molar-refractivity contribution in [2.45, 2.75) is 52.6 Å². The quantitative estimate of drug-likeness (QED) is 0.837. The van der Waals surface area contributed by atoms with E-state index in [0.717, 1.165) is 31.5 Å². The van der Waals surface area contributed by atoms with Gasteiger partial charge >= 0.3 is 0 Å². The van der Waals surface area contributed by atoms with Gasteiger partial charge in [-0.25, -0.2) is 4.68 Å². The third-order valence-corrected chi connectivity index (χ3v) is 4.94. The van der Waals surface area contributed by atoms with Crippen LogP contribution in [0.2, 0.25) is 0 Å². The summed E-state index contributed by atoms with van der Waals surface area (Å²) in [5, 5.41) is 14.8. The van der Waals surface area contributed by atoms with Gasteiger partial charge in [0.1, 0.15) is 0 Å². The molecular weight excluding hydrogens is 362 g/mol. The van der Waals surface area contributed by atoms with Crippen LogP contribution in [0, 0.1) is 12.3 Å². The van der Waals surface area contributed by atoms with Gasteiger partial charge in [-0.05, 0) is 43.8 Å². The van der Waals surface area contributed by atoms with Gasteiger partial charge in [0, 0.05) is 0 Å². The Bertz CT molecular complexity index is 762. The van der Waals surface area contributed by atoms with E-state index in [9.17, 15) is 4.79 Å². The summed E-state index contributed by atoms with van der Waals surface area (Å²) in [5.74, 6) is -0.174. The Morgan fingerprint density at radius 2 is 2.00 bits per heavy atom. The predicted octanol–water partition coefficient (Wildman–Crippen LogP) is 3.45. The monoisotopic (exact) mass is 391 g/mol. The summed E-state index contributed by atoms with van der Waals surface area (Å²) in [6, 6.07) is 8.51. The normalized spacial score (nSPS) is 16.4. The topological polar surface area (TPSA) is 71.8 Å². The molecule has 6 nitrogen and oxygen atoms in total. The van der Waals surface area contributed by atoms with Crippen LogP contribution in [0.15, 0.2) is 30.5 Å². The Labute approximate surface area is 167 Å². The summed E-state index contributed by atoms with van der Waals surface area (Å²) in [5.41, 5.74) is 2.55. The van der Waals surface area contributed by atoms with Crippen LogP contribution >= 0.6 is 12.4 Å². The highest BCUT2D eigenvalue weighted by atomic mass is 35.5. The summed E-state index contributed by atoms with van der Waals surface area (Å²) in [7, 11) is 0. The molecule has 1 fully saturated rings. The molecule has 0 spiro atoms. The van der Waals surface area contributed by atoms with Gasteiger partial charge in [0.15, 0.2) is 5.69 Å². The summed E-state index contributed by atoms with van der Waals surface area (Å²) < 4.78 is 1.84. The van der Waals surface area contributed by atoms with Crippen LogP contribution in [0.1, 0.15) is 67.3 Å². The Morgan fingerprint density at radius 3 is 2.63 bits per heavy atom. The number of piperidine rings is 1. The summed E-state index contributed by atoms with van der Waals surface area (Å²) in [6.45, 7) is 10.4. The van der Waals surface area contributed by atoms with Crippen molar-refractivity contribution in [1.82, 2.24) is 25.6 Å². The van der Waals surface area contributed by atoms with Crippen molar-refractivity contribution < 1.29 is 4.79 Å². The Kier molecular flexibility index (Phi) is 7.00. The summed E-state index contributed by atoms with van der Waals surface area (Å²) in [6.07, 6.45) is 3.80. The number of nitrogens with zero attached hydrogens (tertiary/aromatic N) is 3. The zero-order valence-corrected chi connectivity index (χ0v) is 17.3. The molecule has 27 heavy (non-hydrogen) atoms. The summed E-state index contributed by atoms with van der Waals surface area (Å²) >= 11 is 0. The van der Waals surface area contributed by atoms with Gasteiger partial charge < -0.3 is 10.6 Å². The fraction of sp³-hybridized carbons (Fsp3) is 0.550. The standard InChI is InChI=1S/C20H29N5O.ClH/c1-14-6-5-7-15(12-14)18(20(2,3)4)22-19(26)17-13-25(24-23-17)16-8-10-21-11-9-16;/h5-7,12-13,16,18,21H,8-11H2,1-4H3,(H,22,26);1H. The van der Waals surface area contributed by atoms with Gasteiger partial charge in [0.05, 0.1) is 18.3 Å². The third-order valence-electron chi connectivity index (χ3n) is 4.94. The number of aryl methyl sites for hydroxylation is 1. The van der Waals surface area contributed by atoms with Crippen molar-refractivity contribution in [3.05, 3.63) is 47.3 Å². The van der Waals surface area contributed by atoms with Crippen LogP contribution in [-0.2, 0) is 0 Å². The van der Waals surface area contributed by atoms with Crippen LogP contribution in [-0.4, -0.2) is 34.0 Å². The van der Waals surface area contributed by atoms with Gasteiger partial charge in [-0.1, -0.05) is 55.8 Å². The smallest absolute Gasteiger partial charge is 0.273 e. The molecule has 3 rings (SSSR count). The molecule has 0 aliphatic carbocycles. The highest BCUT2D eigenvalue weighted by molar-refractivity contribution is 5.92. The molecule has 1 amide bonds. The number of halogens is 1. The minimum Gasteiger partial charge on any atom is -0.343 e. The Balaban J connectivity index is 0.00000261. The molecule has 2 heterocycles. The second kappa shape index (κ2) is 8.85. The highest BCUT2D eigenvalue weighted by Gasteiger charge is 2.29.